The molecule has 0 aromatic heterocycles. The zero-order valence-corrected chi connectivity index (χ0v) is 24.4. The Labute approximate surface area is 230 Å². The number of amides is 3. The monoisotopic (exact) mass is 531 g/mol. The second-order valence-electron chi connectivity index (χ2n) is 10.1. The number of likely N-dealkylation sites (tertiary alicyclic amines) is 1. The van der Waals surface area contributed by atoms with E-state index in [2.05, 4.69) is 52.9 Å². The Morgan fingerprint density at radius 2 is 1.58 bits per heavy atom. The third-order valence-electron chi connectivity index (χ3n) is 7.57. The highest BCUT2D eigenvalue weighted by molar-refractivity contribution is 5.89. The lowest BCUT2D eigenvalue weighted by Crippen LogP contribution is -2.55. The minimum atomic E-state index is -0.366. The van der Waals surface area contributed by atoms with Crippen molar-refractivity contribution in [2.24, 2.45) is 11.7 Å². The van der Waals surface area contributed by atoms with Gasteiger partial charge in [-0.15, -0.1) is 0 Å². The number of likely N-dealkylation sites (N-methyl/N-ethyl adjacent to an activating group) is 2. The summed E-state index contributed by atoms with van der Waals surface area (Å²) in [5.41, 5.74) is 7.32. The summed E-state index contributed by atoms with van der Waals surface area (Å²) < 4.78 is 0. The van der Waals surface area contributed by atoms with E-state index in [1.165, 1.54) is 32.1 Å². The average molecular weight is 532 g/mol. The summed E-state index contributed by atoms with van der Waals surface area (Å²) in [5.74, 6) is 0.290. The Hall–Kier alpha value is -2.45. The van der Waals surface area contributed by atoms with Gasteiger partial charge in [0.2, 0.25) is 18.2 Å². The lowest BCUT2D eigenvalue weighted by Gasteiger charge is -2.34. The Morgan fingerprint density at radius 1 is 1.03 bits per heavy atom. The topological polar surface area (TPSA) is 117 Å². The maximum atomic E-state index is 13.1. The molecule has 38 heavy (non-hydrogen) atoms. The molecule has 3 aliphatic rings. The Morgan fingerprint density at radius 3 is 2.05 bits per heavy atom. The minimum absolute atomic E-state index is 0.0894. The van der Waals surface area contributed by atoms with E-state index in [0.29, 0.717) is 6.04 Å². The first-order chi connectivity index (χ1) is 18.4. The van der Waals surface area contributed by atoms with Gasteiger partial charge in [-0.3, -0.25) is 14.4 Å². The molecule has 0 radical (unpaired) electrons. The standard InChI is InChI=1S/C17H32N4O2.C10H12.C2H6.CH3NO/c1-12-9-14(19-3)11-21(12)17(23)16(20-15(22)10-18-2)13-7-5-4-6-8-13;1-2-6-10-8-4-3-7-9(10)5-1;1-2;2-1-3/h12-14,16,18-19H,4-11H2,1-3H3,(H,20,22);1-2,5-6H,3-4,7-8H2;1-2H3;1H,(H2,2,3). The fraction of sp³-hybridized carbons (Fsp3) is 0.700. The van der Waals surface area contributed by atoms with Crippen molar-refractivity contribution in [2.45, 2.75) is 103 Å². The first-order valence-electron chi connectivity index (χ1n) is 14.6. The summed E-state index contributed by atoms with van der Waals surface area (Å²) in [6, 6.07) is 9.02. The molecule has 1 saturated carbocycles. The van der Waals surface area contributed by atoms with Crippen molar-refractivity contribution in [3.63, 3.8) is 0 Å². The molecule has 8 heteroatoms. The summed E-state index contributed by atoms with van der Waals surface area (Å²) in [5, 5.41) is 9.13. The molecule has 3 amide bonds. The molecular formula is C30H53N5O3. The van der Waals surface area contributed by atoms with Crippen molar-refractivity contribution < 1.29 is 14.4 Å². The van der Waals surface area contributed by atoms with Gasteiger partial charge < -0.3 is 26.6 Å². The predicted molar refractivity (Wildman–Crippen MR) is 156 cm³/mol. The van der Waals surface area contributed by atoms with Gasteiger partial charge in [0, 0.05) is 18.6 Å². The molecule has 0 spiro atoms. The van der Waals surface area contributed by atoms with Gasteiger partial charge in [0.05, 0.1) is 6.54 Å². The highest BCUT2D eigenvalue weighted by atomic mass is 16.2. The molecule has 1 saturated heterocycles. The van der Waals surface area contributed by atoms with E-state index < -0.39 is 0 Å². The van der Waals surface area contributed by atoms with Crippen LogP contribution in [0.15, 0.2) is 24.3 Å². The van der Waals surface area contributed by atoms with Crippen molar-refractivity contribution in [3.8, 4) is 0 Å². The third kappa shape index (κ3) is 11.1. The first-order valence-corrected chi connectivity index (χ1v) is 14.6. The quantitative estimate of drug-likeness (QED) is 0.421. The van der Waals surface area contributed by atoms with Crippen molar-refractivity contribution in [1.29, 1.82) is 0 Å². The van der Waals surface area contributed by atoms with E-state index in [0.717, 1.165) is 38.6 Å². The number of carbonyl (C=O) groups excluding carboxylic acids is 3. The Balaban J connectivity index is 0.000000395. The number of benzene rings is 1. The molecule has 2 fully saturated rings. The van der Waals surface area contributed by atoms with Crippen molar-refractivity contribution in [2.75, 3.05) is 27.2 Å². The lowest BCUT2D eigenvalue weighted by atomic mass is 9.83. The van der Waals surface area contributed by atoms with Crippen LogP contribution in [0, 0.1) is 5.92 Å². The van der Waals surface area contributed by atoms with Gasteiger partial charge in [0.25, 0.3) is 0 Å². The normalized spacial score (nSPS) is 21.1. The summed E-state index contributed by atoms with van der Waals surface area (Å²) in [6.45, 7) is 7.09. The van der Waals surface area contributed by atoms with Gasteiger partial charge in [-0.25, -0.2) is 0 Å². The summed E-state index contributed by atoms with van der Waals surface area (Å²) in [7, 11) is 3.69. The number of nitrogens with zero attached hydrogens (tertiary/aromatic N) is 1. The highest BCUT2D eigenvalue weighted by Crippen LogP contribution is 2.29. The molecule has 1 aromatic rings. The van der Waals surface area contributed by atoms with E-state index >= 15 is 0 Å². The van der Waals surface area contributed by atoms with Crippen LogP contribution in [0.5, 0.6) is 0 Å². The van der Waals surface area contributed by atoms with Crippen LogP contribution >= 0.6 is 0 Å². The molecule has 4 rings (SSSR count). The molecular weight excluding hydrogens is 478 g/mol. The molecule has 0 bridgehead atoms. The zero-order chi connectivity index (χ0) is 28.3. The molecule has 5 N–H and O–H groups in total. The van der Waals surface area contributed by atoms with Crippen LogP contribution in [0.3, 0.4) is 0 Å². The third-order valence-corrected chi connectivity index (χ3v) is 7.57. The maximum absolute atomic E-state index is 13.1. The fourth-order valence-electron chi connectivity index (χ4n) is 5.64. The molecule has 2 aliphatic carbocycles. The SMILES string of the molecule is CC.CNCC(=O)NC(C(=O)N1CC(NC)CC1C)C1CCCCC1.NC=O.c1ccc2c(c1)CCCC2. The van der Waals surface area contributed by atoms with E-state index in [1.807, 2.05) is 25.8 Å². The van der Waals surface area contributed by atoms with Crippen LogP contribution in [0.25, 0.3) is 0 Å². The van der Waals surface area contributed by atoms with Crippen LogP contribution in [0.2, 0.25) is 0 Å². The van der Waals surface area contributed by atoms with Crippen LogP contribution in [-0.4, -0.2) is 68.4 Å². The number of aryl methyl sites for hydroxylation is 2. The van der Waals surface area contributed by atoms with Crippen LogP contribution in [0.4, 0.5) is 0 Å². The van der Waals surface area contributed by atoms with Gasteiger partial charge in [-0.2, -0.15) is 0 Å². The molecule has 8 nitrogen and oxygen atoms in total. The second-order valence-corrected chi connectivity index (χ2v) is 10.1. The summed E-state index contributed by atoms with van der Waals surface area (Å²) in [6.07, 6.45) is 12.2. The lowest BCUT2D eigenvalue weighted by molar-refractivity contribution is -0.138. The van der Waals surface area contributed by atoms with E-state index in [9.17, 15) is 9.59 Å². The van der Waals surface area contributed by atoms with Crippen molar-refractivity contribution in [1.82, 2.24) is 20.9 Å². The molecule has 216 valence electrons. The number of carbonyl (C=O) groups is 3. The minimum Gasteiger partial charge on any atom is -0.372 e. The van der Waals surface area contributed by atoms with Crippen molar-refractivity contribution >= 4 is 18.2 Å². The zero-order valence-electron chi connectivity index (χ0n) is 24.4. The van der Waals surface area contributed by atoms with Crippen molar-refractivity contribution in [3.05, 3.63) is 35.4 Å². The first kappa shape index (κ1) is 33.6. The van der Waals surface area contributed by atoms with Gasteiger partial charge >= 0.3 is 0 Å². The number of rotatable bonds is 6. The number of fused-ring (bicyclic) bond motifs is 1. The maximum Gasteiger partial charge on any atom is 0.245 e. The van der Waals surface area contributed by atoms with Crippen LogP contribution in [0.1, 0.15) is 83.3 Å². The number of hydrogen-bond acceptors (Lipinski definition) is 5. The highest BCUT2D eigenvalue weighted by Gasteiger charge is 2.39. The second kappa shape index (κ2) is 19.6. The van der Waals surface area contributed by atoms with E-state index in [1.54, 1.807) is 18.2 Å². The Kier molecular flexibility index (Phi) is 17.3. The number of primary amides is 1. The molecule has 3 atom stereocenters. The number of hydrogen-bond donors (Lipinski definition) is 4. The fourth-order valence-corrected chi connectivity index (χ4v) is 5.64. The molecule has 1 heterocycles. The number of nitrogens with two attached hydrogens (primary N) is 1. The van der Waals surface area contributed by atoms with Crippen LogP contribution in [-0.2, 0) is 27.2 Å². The largest absolute Gasteiger partial charge is 0.372 e. The Bertz CT molecular complexity index is 788. The summed E-state index contributed by atoms with van der Waals surface area (Å²) in [4.78, 5) is 35.7. The van der Waals surface area contributed by atoms with Gasteiger partial charge in [0.15, 0.2) is 0 Å². The van der Waals surface area contributed by atoms with E-state index in [-0.39, 0.29) is 42.8 Å². The molecule has 3 unspecified atom stereocenters. The number of nitrogens with one attached hydrogen (secondary N) is 3. The van der Waals surface area contributed by atoms with Gasteiger partial charge in [0.1, 0.15) is 6.04 Å². The van der Waals surface area contributed by atoms with Gasteiger partial charge in [-0.05, 0) is 83.0 Å². The molecule has 1 aliphatic heterocycles. The average Bonchev–Trinajstić information content (AvgIpc) is 3.34. The molecule has 1 aromatic carbocycles. The predicted octanol–water partition coefficient (Wildman–Crippen LogP) is 3.17. The van der Waals surface area contributed by atoms with Crippen LogP contribution < -0.4 is 21.7 Å². The van der Waals surface area contributed by atoms with E-state index in [4.69, 9.17) is 4.79 Å². The smallest absolute Gasteiger partial charge is 0.245 e. The van der Waals surface area contributed by atoms with Gasteiger partial charge in [-0.1, -0.05) is 57.4 Å². The summed E-state index contributed by atoms with van der Waals surface area (Å²) >= 11 is 0.